The van der Waals surface area contributed by atoms with Gasteiger partial charge >= 0.3 is 0 Å². The molecule has 0 radical (unpaired) electrons. The summed E-state index contributed by atoms with van der Waals surface area (Å²) < 4.78 is 5.64. The lowest BCUT2D eigenvalue weighted by Gasteiger charge is -2.28. The minimum Gasteiger partial charge on any atom is -0.376 e. The van der Waals surface area contributed by atoms with E-state index in [1.165, 1.54) is 0 Å². The lowest BCUT2D eigenvalue weighted by Crippen LogP contribution is -2.43. The smallest absolute Gasteiger partial charge is 0.224 e. The van der Waals surface area contributed by atoms with Crippen LogP contribution in [-0.2, 0) is 22.4 Å². The van der Waals surface area contributed by atoms with Gasteiger partial charge in [-0.1, -0.05) is 30.3 Å². The number of ether oxygens (including phenoxy) is 1. The van der Waals surface area contributed by atoms with E-state index in [1.54, 1.807) is 6.33 Å². The Morgan fingerprint density at radius 3 is 2.93 bits per heavy atom. The highest BCUT2D eigenvalue weighted by Crippen LogP contribution is 2.27. The van der Waals surface area contributed by atoms with E-state index in [1.807, 2.05) is 18.2 Å². The quantitative estimate of drug-likeness (QED) is 0.880. The third-order valence-corrected chi connectivity index (χ3v) is 5.69. The van der Waals surface area contributed by atoms with E-state index in [0.717, 1.165) is 61.5 Å². The predicted molar refractivity (Wildman–Crippen MR) is 108 cm³/mol. The van der Waals surface area contributed by atoms with E-state index >= 15 is 0 Å². The first-order valence-electron chi connectivity index (χ1n) is 10.2. The molecule has 1 saturated heterocycles. The molecule has 1 aromatic carbocycles. The number of hydrogen-bond acceptors (Lipinski definition) is 5. The number of hydrogen-bond donors (Lipinski definition) is 1. The summed E-state index contributed by atoms with van der Waals surface area (Å²) in [6.07, 6.45) is 5.44. The number of rotatable bonds is 4. The lowest BCUT2D eigenvalue weighted by atomic mass is 9.90. The molecule has 0 aliphatic carbocycles. The Kier molecular flexibility index (Phi) is 5.98. The number of nitrogens with one attached hydrogen (secondary N) is 1. The average molecular weight is 380 g/mol. The Labute approximate surface area is 166 Å². The van der Waals surface area contributed by atoms with Gasteiger partial charge < -0.3 is 15.0 Å². The number of nitrogens with zero attached hydrogens (tertiary/aromatic N) is 3. The number of likely N-dealkylation sites (N-methyl/N-ethyl adjacent to an activating group) is 1. The second-order valence-electron chi connectivity index (χ2n) is 7.81. The molecule has 6 nitrogen and oxygen atoms in total. The largest absolute Gasteiger partial charge is 0.376 e. The number of carbonyl (C=O) groups excluding carboxylic acids is 1. The van der Waals surface area contributed by atoms with Crippen molar-refractivity contribution in [1.82, 2.24) is 20.2 Å². The Hall–Kier alpha value is -2.31. The highest BCUT2D eigenvalue weighted by Gasteiger charge is 2.28. The molecule has 0 bridgehead atoms. The summed E-state index contributed by atoms with van der Waals surface area (Å²) >= 11 is 0. The third-order valence-electron chi connectivity index (χ3n) is 5.69. The SMILES string of the molecule is CN1CCc2ncnc(-c3ccccc3)c2C[C@H](C(=O)NC[C@H]2CCCO2)C1. The molecule has 2 atom stereocenters. The van der Waals surface area contributed by atoms with Gasteiger partial charge in [-0.25, -0.2) is 9.97 Å². The molecule has 1 aromatic heterocycles. The Morgan fingerprint density at radius 1 is 1.29 bits per heavy atom. The molecule has 6 heteroatoms. The zero-order valence-corrected chi connectivity index (χ0v) is 16.4. The molecule has 148 valence electrons. The number of benzene rings is 1. The van der Waals surface area contributed by atoms with Gasteiger partial charge in [0.05, 0.1) is 17.7 Å². The fourth-order valence-corrected chi connectivity index (χ4v) is 4.14. The predicted octanol–water partition coefficient (Wildman–Crippen LogP) is 2.09. The first-order valence-corrected chi connectivity index (χ1v) is 10.2. The Bertz CT molecular complexity index is 805. The van der Waals surface area contributed by atoms with Crippen molar-refractivity contribution in [2.24, 2.45) is 5.92 Å². The van der Waals surface area contributed by atoms with Gasteiger partial charge in [-0.3, -0.25) is 4.79 Å². The van der Waals surface area contributed by atoms with Crippen molar-refractivity contribution >= 4 is 5.91 Å². The standard InChI is InChI=1S/C22H28N4O2/c1-26-10-9-20-19(21(25-15-24-20)16-6-3-2-4-7-16)12-17(14-26)22(27)23-13-18-8-5-11-28-18/h2-4,6-7,15,17-18H,5,8-14H2,1H3,(H,23,27)/t17-,18+/m0/s1. The van der Waals surface area contributed by atoms with Gasteiger partial charge in [0.25, 0.3) is 0 Å². The summed E-state index contributed by atoms with van der Waals surface area (Å²) in [6, 6.07) is 10.2. The number of fused-ring (bicyclic) bond motifs is 1. The topological polar surface area (TPSA) is 67.4 Å². The molecule has 28 heavy (non-hydrogen) atoms. The van der Waals surface area contributed by atoms with Crippen LogP contribution in [0.2, 0.25) is 0 Å². The second-order valence-corrected chi connectivity index (χ2v) is 7.81. The molecule has 0 unspecified atom stereocenters. The van der Waals surface area contributed by atoms with Crippen LogP contribution in [0, 0.1) is 5.92 Å². The highest BCUT2D eigenvalue weighted by molar-refractivity contribution is 5.80. The van der Waals surface area contributed by atoms with Crippen LogP contribution in [0.4, 0.5) is 0 Å². The van der Waals surface area contributed by atoms with Gasteiger partial charge in [-0.15, -0.1) is 0 Å². The monoisotopic (exact) mass is 380 g/mol. The maximum absolute atomic E-state index is 13.0. The molecule has 2 aliphatic rings. The van der Waals surface area contributed by atoms with Crippen molar-refractivity contribution in [2.75, 3.05) is 33.3 Å². The van der Waals surface area contributed by atoms with Crippen LogP contribution in [-0.4, -0.2) is 60.2 Å². The summed E-state index contributed by atoms with van der Waals surface area (Å²) in [7, 11) is 2.07. The van der Waals surface area contributed by atoms with Gasteiger partial charge in [0.1, 0.15) is 6.33 Å². The zero-order valence-electron chi connectivity index (χ0n) is 16.4. The van der Waals surface area contributed by atoms with Crippen molar-refractivity contribution in [3.8, 4) is 11.3 Å². The fourth-order valence-electron chi connectivity index (χ4n) is 4.14. The number of aromatic nitrogens is 2. The molecule has 1 amide bonds. The van der Waals surface area contributed by atoms with Crippen LogP contribution >= 0.6 is 0 Å². The number of carbonyl (C=O) groups is 1. The summed E-state index contributed by atoms with van der Waals surface area (Å²) in [6.45, 7) is 3.02. The molecule has 2 aromatic rings. The minimum atomic E-state index is -0.126. The normalized spacial score (nSPS) is 22.9. The zero-order chi connectivity index (χ0) is 19.3. The van der Waals surface area contributed by atoms with Gasteiger partial charge in [0, 0.05) is 49.5 Å². The highest BCUT2D eigenvalue weighted by atomic mass is 16.5. The fraction of sp³-hybridized carbons (Fsp3) is 0.500. The van der Waals surface area contributed by atoms with E-state index in [-0.39, 0.29) is 17.9 Å². The summed E-state index contributed by atoms with van der Waals surface area (Å²) in [4.78, 5) is 24.3. The molecule has 0 spiro atoms. The third kappa shape index (κ3) is 4.39. The van der Waals surface area contributed by atoms with E-state index in [9.17, 15) is 4.79 Å². The molecule has 1 N–H and O–H groups in total. The molecule has 0 saturated carbocycles. The van der Waals surface area contributed by atoms with E-state index in [0.29, 0.717) is 13.0 Å². The molecule has 3 heterocycles. The lowest BCUT2D eigenvalue weighted by molar-refractivity contribution is -0.126. The van der Waals surface area contributed by atoms with Gasteiger partial charge in [0.15, 0.2) is 0 Å². The van der Waals surface area contributed by atoms with Gasteiger partial charge in [-0.05, 0) is 26.3 Å². The average Bonchev–Trinajstić information content (AvgIpc) is 3.23. The van der Waals surface area contributed by atoms with Crippen LogP contribution in [0.3, 0.4) is 0 Å². The summed E-state index contributed by atoms with van der Waals surface area (Å²) in [5.41, 5.74) is 4.19. The van der Waals surface area contributed by atoms with Gasteiger partial charge in [-0.2, -0.15) is 0 Å². The van der Waals surface area contributed by atoms with E-state index in [4.69, 9.17) is 4.74 Å². The maximum Gasteiger partial charge on any atom is 0.224 e. The van der Waals surface area contributed by atoms with Crippen molar-refractivity contribution in [3.05, 3.63) is 47.9 Å². The van der Waals surface area contributed by atoms with Crippen molar-refractivity contribution in [3.63, 3.8) is 0 Å². The Morgan fingerprint density at radius 2 is 2.14 bits per heavy atom. The van der Waals surface area contributed by atoms with Crippen molar-refractivity contribution in [1.29, 1.82) is 0 Å². The Balaban J connectivity index is 1.58. The van der Waals surface area contributed by atoms with E-state index in [2.05, 4.69) is 39.4 Å². The van der Waals surface area contributed by atoms with E-state index < -0.39 is 0 Å². The van der Waals surface area contributed by atoms with Gasteiger partial charge in [0.2, 0.25) is 5.91 Å². The number of amides is 1. The van der Waals surface area contributed by atoms with Crippen molar-refractivity contribution < 1.29 is 9.53 Å². The minimum absolute atomic E-state index is 0.0954. The maximum atomic E-state index is 13.0. The van der Waals surface area contributed by atoms with Crippen LogP contribution < -0.4 is 5.32 Å². The van der Waals surface area contributed by atoms with Crippen molar-refractivity contribution in [2.45, 2.75) is 31.8 Å². The van der Waals surface area contributed by atoms with Crippen LogP contribution in [0.1, 0.15) is 24.1 Å². The molecule has 2 aliphatic heterocycles. The molecular formula is C22H28N4O2. The molecular weight excluding hydrogens is 352 g/mol. The molecule has 4 rings (SSSR count). The second kappa shape index (κ2) is 8.80. The van der Waals surface area contributed by atoms with Crippen LogP contribution in [0.25, 0.3) is 11.3 Å². The summed E-state index contributed by atoms with van der Waals surface area (Å²) in [5, 5.41) is 3.12. The van der Waals surface area contributed by atoms with Crippen LogP contribution in [0.5, 0.6) is 0 Å². The molecule has 1 fully saturated rings. The first kappa shape index (κ1) is 19.0. The first-order chi connectivity index (χ1) is 13.7. The summed E-state index contributed by atoms with van der Waals surface area (Å²) in [5.74, 6) is -0.0306. The van der Waals surface area contributed by atoms with Crippen LogP contribution in [0.15, 0.2) is 36.7 Å².